The zero-order chi connectivity index (χ0) is 6.24. The molecule has 0 rings (SSSR count). The van der Waals surface area contributed by atoms with Gasteiger partial charge in [-0.1, -0.05) is 32.1 Å². The quantitative estimate of drug-likeness (QED) is 0.489. The van der Waals surface area contributed by atoms with Gasteiger partial charge in [0, 0.05) is 0 Å². The molecule has 0 unspecified atom stereocenters. The molecule has 0 aliphatic rings. The predicted molar refractivity (Wildman–Crippen MR) is 37.5 cm³/mol. The van der Waals surface area contributed by atoms with Gasteiger partial charge in [-0.05, 0) is 18.9 Å². The lowest BCUT2D eigenvalue weighted by atomic mass is 10.3. The smallest absolute Gasteiger partial charge is 0.0305 e. The summed E-state index contributed by atoms with van der Waals surface area (Å²) in [5.41, 5.74) is 0. The SMILES string of the molecule is CC/[C]=C/C=CCC. The van der Waals surface area contributed by atoms with Gasteiger partial charge in [0.25, 0.3) is 0 Å². The lowest BCUT2D eigenvalue weighted by Gasteiger charge is -1.73. The molecule has 0 bridgehead atoms. The summed E-state index contributed by atoms with van der Waals surface area (Å²) in [6.45, 7) is 4.20. The van der Waals surface area contributed by atoms with Gasteiger partial charge in [-0.15, -0.1) is 0 Å². The predicted octanol–water partition coefficient (Wildman–Crippen LogP) is 2.72. The molecule has 0 heteroatoms. The first kappa shape index (κ1) is 7.48. The molecule has 0 spiro atoms. The van der Waals surface area contributed by atoms with Crippen LogP contribution in [0.5, 0.6) is 0 Å². The van der Waals surface area contributed by atoms with Gasteiger partial charge < -0.3 is 0 Å². The van der Waals surface area contributed by atoms with Crippen molar-refractivity contribution in [2.45, 2.75) is 26.7 Å². The molecule has 0 aromatic carbocycles. The van der Waals surface area contributed by atoms with Crippen molar-refractivity contribution in [3.63, 3.8) is 0 Å². The summed E-state index contributed by atoms with van der Waals surface area (Å²) in [6, 6.07) is 0. The molecule has 0 amide bonds. The van der Waals surface area contributed by atoms with E-state index in [0.717, 1.165) is 12.8 Å². The van der Waals surface area contributed by atoms with Crippen LogP contribution in [0.15, 0.2) is 18.2 Å². The van der Waals surface area contributed by atoms with Crippen LogP contribution in [0.4, 0.5) is 0 Å². The molecule has 0 heterocycles. The van der Waals surface area contributed by atoms with Crippen LogP contribution in [0.3, 0.4) is 0 Å². The van der Waals surface area contributed by atoms with Crippen LogP contribution >= 0.6 is 0 Å². The van der Waals surface area contributed by atoms with E-state index in [2.05, 4.69) is 26.0 Å². The number of hydrogen-bond acceptors (Lipinski definition) is 0. The highest BCUT2D eigenvalue weighted by Crippen LogP contribution is 1.82. The van der Waals surface area contributed by atoms with Crippen LogP contribution in [-0.4, -0.2) is 0 Å². The second-order valence-corrected chi connectivity index (χ2v) is 1.56. The van der Waals surface area contributed by atoms with Gasteiger partial charge in [0.05, 0.1) is 0 Å². The van der Waals surface area contributed by atoms with E-state index in [9.17, 15) is 0 Å². The maximum absolute atomic E-state index is 3.07. The zero-order valence-corrected chi connectivity index (χ0v) is 5.65. The van der Waals surface area contributed by atoms with Crippen molar-refractivity contribution in [2.75, 3.05) is 0 Å². The summed E-state index contributed by atoms with van der Waals surface area (Å²) in [4.78, 5) is 0. The summed E-state index contributed by atoms with van der Waals surface area (Å²) < 4.78 is 0. The first-order chi connectivity index (χ1) is 3.91. The van der Waals surface area contributed by atoms with Crippen molar-refractivity contribution in [1.82, 2.24) is 0 Å². The van der Waals surface area contributed by atoms with Crippen molar-refractivity contribution in [2.24, 2.45) is 0 Å². The fourth-order valence-corrected chi connectivity index (χ4v) is 0.390. The fourth-order valence-electron chi connectivity index (χ4n) is 0.390. The van der Waals surface area contributed by atoms with E-state index in [-0.39, 0.29) is 0 Å². The molecule has 0 atom stereocenters. The Morgan fingerprint density at radius 3 is 2.62 bits per heavy atom. The van der Waals surface area contributed by atoms with Gasteiger partial charge in [0.2, 0.25) is 0 Å². The molecule has 0 N–H and O–H groups in total. The summed E-state index contributed by atoms with van der Waals surface area (Å²) in [7, 11) is 0. The Balaban J connectivity index is 3.13. The molecule has 0 aliphatic carbocycles. The van der Waals surface area contributed by atoms with E-state index in [1.165, 1.54) is 0 Å². The van der Waals surface area contributed by atoms with Gasteiger partial charge in [-0.3, -0.25) is 0 Å². The Hall–Kier alpha value is -0.520. The van der Waals surface area contributed by atoms with Crippen LogP contribution in [0, 0.1) is 6.08 Å². The summed E-state index contributed by atoms with van der Waals surface area (Å²) >= 11 is 0. The number of allylic oxidation sites excluding steroid dienone is 4. The first-order valence-corrected chi connectivity index (χ1v) is 3.13. The Bertz CT molecular complexity index is 66.0. The normalized spacial score (nSPS) is 11.8. The average molecular weight is 109 g/mol. The van der Waals surface area contributed by atoms with Gasteiger partial charge in [-0.25, -0.2) is 0 Å². The molecule has 8 heavy (non-hydrogen) atoms. The zero-order valence-electron chi connectivity index (χ0n) is 5.65. The first-order valence-electron chi connectivity index (χ1n) is 3.13. The molecule has 0 aliphatic heterocycles. The molecule has 45 valence electrons. The monoisotopic (exact) mass is 109 g/mol. The third kappa shape index (κ3) is 5.48. The third-order valence-electron chi connectivity index (χ3n) is 0.790. The van der Waals surface area contributed by atoms with Crippen molar-refractivity contribution in [1.29, 1.82) is 0 Å². The number of hydrogen-bond donors (Lipinski definition) is 0. The van der Waals surface area contributed by atoms with Gasteiger partial charge in [0.15, 0.2) is 0 Å². The summed E-state index contributed by atoms with van der Waals surface area (Å²) in [6.07, 6.45) is 11.3. The Morgan fingerprint density at radius 1 is 1.38 bits per heavy atom. The van der Waals surface area contributed by atoms with Crippen LogP contribution in [0.25, 0.3) is 0 Å². The molecular weight excluding hydrogens is 96.1 g/mol. The van der Waals surface area contributed by atoms with E-state index >= 15 is 0 Å². The van der Waals surface area contributed by atoms with Gasteiger partial charge in [-0.2, -0.15) is 0 Å². The largest absolute Gasteiger partial charge is 0.0848 e. The third-order valence-corrected chi connectivity index (χ3v) is 0.790. The second-order valence-electron chi connectivity index (χ2n) is 1.56. The van der Waals surface area contributed by atoms with E-state index in [1.807, 2.05) is 12.2 Å². The molecular formula is C8H13. The van der Waals surface area contributed by atoms with E-state index in [0.29, 0.717) is 0 Å². The maximum atomic E-state index is 3.07. The van der Waals surface area contributed by atoms with E-state index in [1.54, 1.807) is 0 Å². The topological polar surface area (TPSA) is 0 Å². The van der Waals surface area contributed by atoms with Crippen LogP contribution in [0.1, 0.15) is 26.7 Å². The Labute approximate surface area is 51.9 Å². The van der Waals surface area contributed by atoms with Crippen LogP contribution < -0.4 is 0 Å². The van der Waals surface area contributed by atoms with Crippen LogP contribution in [0.2, 0.25) is 0 Å². The van der Waals surface area contributed by atoms with Gasteiger partial charge in [0.1, 0.15) is 0 Å². The molecule has 0 nitrogen and oxygen atoms in total. The van der Waals surface area contributed by atoms with E-state index in [4.69, 9.17) is 0 Å². The van der Waals surface area contributed by atoms with Crippen molar-refractivity contribution < 1.29 is 0 Å². The highest BCUT2D eigenvalue weighted by atomic mass is 13.7. The molecule has 0 saturated heterocycles. The minimum atomic E-state index is 1.01. The summed E-state index contributed by atoms with van der Waals surface area (Å²) in [5.74, 6) is 0. The second kappa shape index (κ2) is 6.48. The standard InChI is InChI=1S/C8H13/c1-3-5-7-8-6-4-2/h5,7-8H,3-4H2,1-2H3. The number of rotatable bonds is 3. The highest BCUT2D eigenvalue weighted by molar-refractivity contribution is 4.97. The molecule has 0 saturated carbocycles. The van der Waals surface area contributed by atoms with Crippen molar-refractivity contribution in [3.8, 4) is 0 Å². The molecule has 0 aromatic heterocycles. The molecule has 1 radical (unpaired) electrons. The highest BCUT2D eigenvalue weighted by Gasteiger charge is 1.62. The van der Waals surface area contributed by atoms with Crippen molar-refractivity contribution >= 4 is 0 Å². The fraction of sp³-hybridized carbons (Fsp3) is 0.500. The summed E-state index contributed by atoms with van der Waals surface area (Å²) in [5, 5.41) is 0. The molecule has 0 fully saturated rings. The lowest BCUT2D eigenvalue weighted by molar-refractivity contribution is 1.18. The van der Waals surface area contributed by atoms with Crippen molar-refractivity contribution in [3.05, 3.63) is 24.3 Å². The minimum absolute atomic E-state index is 1.01. The lowest BCUT2D eigenvalue weighted by Crippen LogP contribution is -1.53. The Morgan fingerprint density at radius 2 is 2.12 bits per heavy atom. The average Bonchev–Trinajstić information content (AvgIpc) is 1.81. The molecule has 0 aromatic rings. The minimum Gasteiger partial charge on any atom is -0.0848 e. The Kier molecular flexibility index (Phi) is 6.06. The maximum Gasteiger partial charge on any atom is -0.0305 e. The van der Waals surface area contributed by atoms with Crippen LogP contribution in [-0.2, 0) is 0 Å². The van der Waals surface area contributed by atoms with E-state index < -0.39 is 0 Å². The van der Waals surface area contributed by atoms with Gasteiger partial charge >= 0.3 is 0 Å².